The Morgan fingerprint density at radius 2 is 1.67 bits per heavy atom. The van der Waals surface area contributed by atoms with Crippen molar-refractivity contribution in [3.05, 3.63) is 75.6 Å². The van der Waals surface area contributed by atoms with Gasteiger partial charge in [-0.15, -0.1) is 0 Å². The van der Waals surface area contributed by atoms with Gasteiger partial charge in [0.25, 0.3) is 21.6 Å². The van der Waals surface area contributed by atoms with E-state index in [1.807, 2.05) is 4.90 Å². The lowest BCUT2D eigenvalue weighted by Crippen LogP contribution is -2.37. The minimum atomic E-state index is -3.96. The number of nitro groups is 1. The van der Waals surface area contributed by atoms with Gasteiger partial charge in [-0.1, -0.05) is 0 Å². The molecule has 0 spiro atoms. The van der Waals surface area contributed by atoms with Crippen molar-refractivity contribution < 1.29 is 22.9 Å². The number of nitro benzene ring substituents is 1. The van der Waals surface area contributed by atoms with Crippen LogP contribution in [-0.4, -0.2) is 55.5 Å². The Morgan fingerprint density at radius 1 is 1.03 bits per heavy atom. The largest absolute Gasteiger partial charge is 0.378 e. The summed E-state index contributed by atoms with van der Waals surface area (Å²) in [5.74, 6) is -0.594. The molecule has 1 aromatic heterocycles. The van der Waals surface area contributed by atoms with Gasteiger partial charge in [-0.3, -0.25) is 14.9 Å². The first-order valence-electron chi connectivity index (χ1n) is 11.0. The molecule has 0 bridgehead atoms. The maximum Gasteiger partial charge on any atom is 0.270 e. The molecule has 0 radical (unpaired) electrons. The number of hydrogen-bond acceptors (Lipinski definition) is 9. The quantitative estimate of drug-likeness (QED) is 0.359. The van der Waals surface area contributed by atoms with Crippen molar-refractivity contribution in [2.24, 2.45) is 0 Å². The second-order valence-electron chi connectivity index (χ2n) is 8.12. The number of carbonyl (C=O) groups excluding carboxylic acids is 1. The van der Waals surface area contributed by atoms with Crippen LogP contribution in [0.3, 0.4) is 0 Å². The number of morpholine rings is 1. The molecule has 2 aromatic carbocycles. The fraction of sp³-hybridized carbons (Fsp3) is 0.261. The highest BCUT2D eigenvalue weighted by atomic mass is 32.2. The van der Waals surface area contributed by atoms with Gasteiger partial charge in [-0.25, -0.2) is 23.1 Å². The van der Waals surface area contributed by atoms with E-state index in [1.54, 1.807) is 26.0 Å². The number of carbonyl (C=O) groups is 1. The van der Waals surface area contributed by atoms with Gasteiger partial charge in [-0.05, 0) is 50.2 Å². The molecular weight excluding hydrogens is 488 g/mol. The number of hydrogen-bond donors (Lipinski definition) is 2. The minimum absolute atomic E-state index is 0.0359. The van der Waals surface area contributed by atoms with Crippen LogP contribution in [0.5, 0.6) is 0 Å². The number of sulfonamides is 1. The third-order valence-corrected chi connectivity index (χ3v) is 6.76. The van der Waals surface area contributed by atoms with E-state index in [2.05, 4.69) is 20.0 Å². The van der Waals surface area contributed by atoms with E-state index in [1.165, 1.54) is 36.4 Å². The first kappa shape index (κ1) is 25.0. The normalized spacial score (nSPS) is 13.8. The monoisotopic (exact) mass is 512 g/mol. The van der Waals surface area contributed by atoms with Crippen molar-refractivity contribution in [1.82, 2.24) is 9.97 Å². The van der Waals surface area contributed by atoms with Crippen LogP contribution in [0.4, 0.5) is 23.0 Å². The lowest BCUT2D eigenvalue weighted by atomic mass is 10.1. The highest BCUT2D eigenvalue weighted by Gasteiger charge is 2.23. The smallest absolute Gasteiger partial charge is 0.270 e. The molecule has 36 heavy (non-hydrogen) atoms. The van der Waals surface area contributed by atoms with Crippen LogP contribution >= 0.6 is 0 Å². The van der Waals surface area contributed by atoms with Crippen molar-refractivity contribution in [3.8, 4) is 0 Å². The predicted octanol–water partition coefficient (Wildman–Crippen LogP) is 2.89. The Morgan fingerprint density at radius 3 is 2.28 bits per heavy atom. The number of ether oxygens (including phenoxy) is 1. The van der Waals surface area contributed by atoms with Crippen molar-refractivity contribution in [1.29, 1.82) is 0 Å². The Hall–Kier alpha value is -4.10. The standard InChI is InChI=1S/C23H24N6O6S/c1-15-13-16(2)25-23(24-15)27-36(33,34)19-6-3-17(4-7-19)26-22(30)20-14-18(29(31)32)5-8-21(20)28-9-11-35-12-10-28/h3-8,13-14H,9-12H2,1-2H3,(H,26,30)(H,24,25,27). The molecule has 13 heteroatoms. The summed E-state index contributed by atoms with van der Waals surface area (Å²) < 4.78 is 33.2. The number of non-ortho nitro benzene ring substituents is 1. The van der Waals surface area contributed by atoms with Gasteiger partial charge in [0.1, 0.15) is 0 Å². The van der Waals surface area contributed by atoms with Gasteiger partial charge in [0, 0.05) is 42.3 Å². The number of aryl methyl sites for hydroxylation is 2. The molecule has 1 fully saturated rings. The van der Waals surface area contributed by atoms with Crippen LogP contribution in [0.15, 0.2) is 53.4 Å². The van der Waals surface area contributed by atoms with E-state index in [-0.39, 0.29) is 22.1 Å². The summed E-state index contributed by atoms with van der Waals surface area (Å²) >= 11 is 0. The number of amides is 1. The first-order valence-corrected chi connectivity index (χ1v) is 12.5. The van der Waals surface area contributed by atoms with E-state index in [0.717, 1.165) is 0 Å². The molecule has 4 rings (SSSR count). The summed E-state index contributed by atoms with van der Waals surface area (Å²) in [6, 6.07) is 11.4. The minimum Gasteiger partial charge on any atom is -0.378 e. The lowest BCUT2D eigenvalue weighted by molar-refractivity contribution is -0.384. The molecule has 1 saturated heterocycles. The van der Waals surface area contributed by atoms with Gasteiger partial charge in [0.05, 0.1) is 34.3 Å². The summed E-state index contributed by atoms with van der Waals surface area (Å²) in [5.41, 5.74) is 2.04. The third-order valence-electron chi connectivity index (χ3n) is 5.42. The number of rotatable bonds is 7. The maximum absolute atomic E-state index is 13.1. The summed E-state index contributed by atoms with van der Waals surface area (Å²) in [5, 5.41) is 14.0. The van der Waals surface area contributed by atoms with Gasteiger partial charge < -0.3 is 15.0 Å². The van der Waals surface area contributed by atoms with Crippen molar-refractivity contribution in [2.45, 2.75) is 18.7 Å². The Balaban J connectivity index is 1.54. The molecular formula is C23H24N6O6S. The fourth-order valence-corrected chi connectivity index (χ4v) is 4.71. The van der Waals surface area contributed by atoms with E-state index in [4.69, 9.17) is 4.74 Å². The number of nitrogens with one attached hydrogen (secondary N) is 2. The summed E-state index contributed by atoms with van der Waals surface area (Å²) in [6.07, 6.45) is 0. The maximum atomic E-state index is 13.1. The van der Waals surface area contributed by atoms with Crippen LogP contribution in [0.2, 0.25) is 0 Å². The van der Waals surface area contributed by atoms with Crippen LogP contribution < -0.4 is 14.9 Å². The van der Waals surface area contributed by atoms with E-state index >= 15 is 0 Å². The highest BCUT2D eigenvalue weighted by molar-refractivity contribution is 7.92. The summed E-state index contributed by atoms with van der Waals surface area (Å²) in [6.45, 7) is 5.51. The number of aromatic nitrogens is 2. The van der Waals surface area contributed by atoms with Gasteiger partial charge in [0.15, 0.2) is 0 Å². The topological polar surface area (TPSA) is 157 Å². The average molecular weight is 513 g/mol. The van der Waals surface area contributed by atoms with Gasteiger partial charge in [0.2, 0.25) is 5.95 Å². The zero-order valence-corrected chi connectivity index (χ0v) is 20.4. The number of nitrogens with zero attached hydrogens (tertiary/aromatic N) is 4. The Bertz CT molecular complexity index is 1380. The van der Waals surface area contributed by atoms with E-state index in [9.17, 15) is 23.3 Å². The molecule has 0 aliphatic carbocycles. The number of benzene rings is 2. The zero-order chi connectivity index (χ0) is 25.9. The second-order valence-corrected chi connectivity index (χ2v) is 9.80. The molecule has 3 aromatic rings. The summed E-state index contributed by atoms with van der Waals surface area (Å²) in [4.78, 5) is 33.9. The molecule has 0 unspecified atom stereocenters. The van der Waals surface area contributed by atoms with Crippen molar-refractivity contribution in [3.63, 3.8) is 0 Å². The van der Waals surface area contributed by atoms with Crippen LogP contribution in [0.25, 0.3) is 0 Å². The predicted molar refractivity (Wildman–Crippen MR) is 133 cm³/mol. The number of anilines is 3. The van der Waals surface area contributed by atoms with Gasteiger partial charge in [-0.2, -0.15) is 0 Å². The average Bonchev–Trinajstić information content (AvgIpc) is 2.83. The third kappa shape index (κ3) is 5.75. The molecule has 1 aliphatic heterocycles. The molecule has 188 valence electrons. The van der Waals surface area contributed by atoms with Crippen molar-refractivity contribution in [2.75, 3.05) is 41.2 Å². The van der Waals surface area contributed by atoms with E-state index in [0.29, 0.717) is 49.1 Å². The Labute approximate surface area is 207 Å². The molecule has 1 aliphatic rings. The molecule has 0 saturated carbocycles. The molecule has 12 nitrogen and oxygen atoms in total. The second kappa shape index (κ2) is 10.3. The molecule has 2 heterocycles. The molecule has 1 amide bonds. The van der Waals surface area contributed by atoms with Gasteiger partial charge >= 0.3 is 0 Å². The van der Waals surface area contributed by atoms with Crippen LogP contribution in [0.1, 0.15) is 21.7 Å². The van der Waals surface area contributed by atoms with Crippen LogP contribution in [-0.2, 0) is 14.8 Å². The molecule has 2 N–H and O–H groups in total. The summed E-state index contributed by atoms with van der Waals surface area (Å²) in [7, 11) is -3.96. The van der Waals surface area contributed by atoms with Crippen LogP contribution in [0, 0.1) is 24.0 Å². The lowest BCUT2D eigenvalue weighted by Gasteiger charge is -2.30. The van der Waals surface area contributed by atoms with Crippen molar-refractivity contribution >= 4 is 38.9 Å². The fourth-order valence-electron chi connectivity index (χ4n) is 3.77. The Kier molecular flexibility index (Phi) is 7.12. The highest BCUT2D eigenvalue weighted by Crippen LogP contribution is 2.27. The molecule has 0 atom stereocenters. The van der Waals surface area contributed by atoms with E-state index < -0.39 is 20.9 Å². The zero-order valence-electron chi connectivity index (χ0n) is 19.6. The SMILES string of the molecule is Cc1cc(C)nc(NS(=O)(=O)c2ccc(NC(=O)c3cc([N+](=O)[O-])ccc3N3CCOCC3)cc2)n1. The first-order chi connectivity index (χ1) is 17.1.